The monoisotopic (exact) mass is 355 g/mol. The molecule has 0 aliphatic rings. The Hall–Kier alpha value is -2.70. The van der Waals surface area contributed by atoms with Gasteiger partial charge in [0.25, 0.3) is 0 Å². The molecule has 1 N–H and O–H groups in total. The fourth-order valence-electron chi connectivity index (χ4n) is 2.89. The summed E-state index contributed by atoms with van der Waals surface area (Å²) in [7, 11) is 1.64. The fraction of sp³-hybridized carbons (Fsp3) is 0.250. The summed E-state index contributed by atoms with van der Waals surface area (Å²) in [6, 6.07) is 14.1. The average Bonchev–Trinajstić information content (AvgIpc) is 3.18. The third-order valence-corrected chi connectivity index (χ3v) is 4.17. The molecule has 6 heteroatoms. The fourth-order valence-corrected chi connectivity index (χ4v) is 2.89. The summed E-state index contributed by atoms with van der Waals surface area (Å²) in [5.41, 5.74) is 2.98. The molecular formula is C20H22FN3O2. The first kappa shape index (κ1) is 18.1. The van der Waals surface area contributed by atoms with Gasteiger partial charge in [-0.2, -0.15) is 5.10 Å². The van der Waals surface area contributed by atoms with E-state index >= 15 is 0 Å². The molecule has 2 aromatic carbocycles. The van der Waals surface area contributed by atoms with Crippen molar-refractivity contribution in [2.75, 3.05) is 20.3 Å². The number of benzene rings is 2. The number of hydrogen-bond acceptors (Lipinski definition) is 4. The van der Waals surface area contributed by atoms with Crippen LogP contribution in [0.4, 0.5) is 4.39 Å². The van der Waals surface area contributed by atoms with Crippen LogP contribution in [0.1, 0.15) is 11.1 Å². The topological polar surface area (TPSA) is 50.5 Å². The predicted octanol–water partition coefficient (Wildman–Crippen LogP) is 3.01. The largest absolute Gasteiger partial charge is 0.497 e. The maximum absolute atomic E-state index is 13.1. The van der Waals surface area contributed by atoms with Gasteiger partial charge >= 0.3 is 0 Å². The van der Waals surface area contributed by atoms with Crippen molar-refractivity contribution in [1.82, 2.24) is 14.7 Å². The van der Waals surface area contributed by atoms with Gasteiger partial charge in [-0.3, -0.25) is 4.90 Å². The highest BCUT2D eigenvalue weighted by atomic mass is 19.1. The van der Waals surface area contributed by atoms with Crippen molar-refractivity contribution in [2.45, 2.75) is 13.1 Å². The molecule has 1 heterocycles. The van der Waals surface area contributed by atoms with Crippen LogP contribution in [0.15, 0.2) is 60.9 Å². The van der Waals surface area contributed by atoms with Crippen molar-refractivity contribution >= 4 is 0 Å². The summed E-state index contributed by atoms with van der Waals surface area (Å²) in [5, 5.41) is 13.8. The van der Waals surface area contributed by atoms with Crippen molar-refractivity contribution < 1.29 is 14.2 Å². The average molecular weight is 355 g/mol. The van der Waals surface area contributed by atoms with Gasteiger partial charge in [0.2, 0.25) is 0 Å². The summed E-state index contributed by atoms with van der Waals surface area (Å²) in [4.78, 5) is 2.11. The highest BCUT2D eigenvalue weighted by Gasteiger charge is 2.13. The second-order valence-electron chi connectivity index (χ2n) is 6.01. The van der Waals surface area contributed by atoms with E-state index in [0.29, 0.717) is 19.6 Å². The number of ether oxygens (including phenoxy) is 1. The van der Waals surface area contributed by atoms with Gasteiger partial charge in [0.15, 0.2) is 0 Å². The number of aliphatic hydroxyl groups is 1. The van der Waals surface area contributed by atoms with E-state index in [2.05, 4.69) is 10.00 Å². The van der Waals surface area contributed by atoms with E-state index in [1.165, 1.54) is 12.1 Å². The number of hydrogen-bond donors (Lipinski definition) is 1. The quantitative estimate of drug-likeness (QED) is 0.675. The van der Waals surface area contributed by atoms with E-state index in [1.807, 2.05) is 35.1 Å². The molecule has 0 amide bonds. The Kier molecular flexibility index (Phi) is 5.99. The van der Waals surface area contributed by atoms with Gasteiger partial charge in [-0.15, -0.1) is 0 Å². The van der Waals surface area contributed by atoms with Crippen LogP contribution in [0.3, 0.4) is 0 Å². The number of aromatic nitrogens is 2. The summed E-state index contributed by atoms with van der Waals surface area (Å²) in [6.07, 6.45) is 3.62. The molecule has 0 fully saturated rings. The lowest BCUT2D eigenvalue weighted by atomic mass is 10.1. The van der Waals surface area contributed by atoms with Crippen molar-refractivity contribution in [3.8, 4) is 11.4 Å². The molecule has 0 aliphatic heterocycles. The highest BCUT2D eigenvalue weighted by Crippen LogP contribution is 2.23. The minimum absolute atomic E-state index is 0.0439. The number of methoxy groups -OCH3 is 1. The Labute approximate surface area is 152 Å². The van der Waals surface area contributed by atoms with Crippen LogP contribution in [0.2, 0.25) is 0 Å². The molecular weight excluding hydrogens is 333 g/mol. The van der Waals surface area contributed by atoms with Gasteiger partial charge < -0.3 is 9.84 Å². The van der Waals surface area contributed by atoms with E-state index in [4.69, 9.17) is 4.74 Å². The zero-order chi connectivity index (χ0) is 18.4. The second-order valence-corrected chi connectivity index (χ2v) is 6.01. The molecule has 0 saturated heterocycles. The molecule has 0 saturated carbocycles. The first-order chi connectivity index (χ1) is 12.7. The SMILES string of the molecule is COc1ccc(-n2cccn2)c(CN(CCO)Cc2ccc(F)cc2)c1. The zero-order valence-electron chi connectivity index (χ0n) is 14.7. The Bertz CT molecular complexity index is 820. The lowest BCUT2D eigenvalue weighted by Gasteiger charge is -2.23. The standard InChI is InChI=1S/C20H22FN3O2/c1-26-19-7-8-20(24-10-2-9-22-24)17(13-19)15-23(11-12-25)14-16-3-5-18(21)6-4-16/h2-10,13,25H,11-12,14-15H2,1H3. The molecule has 0 bridgehead atoms. The minimum Gasteiger partial charge on any atom is -0.497 e. The van der Waals surface area contributed by atoms with Crippen LogP contribution >= 0.6 is 0 Å². The summed E-state index contributed by atoms with van der Waals surface area (Å²) in [6.45, 7) is 1.76. The summed E-state index contributed by atoms with van der Waals surface area (Å²) >= 11 is 0. The van der Waals surface area contributed by atoms with Gasteiger partial charge in [0, 0.05) is 32.0 Å². The smallest absolute Gasteiger partial charge is 0.123 e. The van der Waals surface area contributed by atoms with Gasteiger partial charge in [-0.1, -0.05) is 12.1 Å². The van der Waals surface area contributed by atoms with Crippen molar-refractivity contribution in [3.63, 3.8) is 0 Å². The number of nitrogens with zero attached hydrogens (tertiary/aromatic N) is 3. The Morgan fingerprint density at radius 2 is 1.96 bits per heavy atom. The molecule has 3 aromatic rings. The summed E-state index contributed by atoms with van der Waals surface area (Å²) in [5.74, 6) is 0.512. The number of aliphatic hydroxyl groups excluding tert-OH is 1. The molecule has 1 aromatic heterocycles. The normalized spacial score (nSPS) is 11.1. The van der Waals surface area contributed by atoms with Gasteiger partial charge in [0.1, 0.15) is 11.6 Å². The number of rotatable bonds is 8. The molecule has 0 radical (unpaired) electrons. The van der Waals surface area contributed by atoms with Crippen LogP contribution in [-0.2, 0) is 13.1 Å². The van der Waals surface area contributed by atoms with E-state index in [-0.39, 0.29) is 12.4 Å². The molecule has 0 spiro atoms. The predicted molar refractivity (Wildman–Crippen MR) is 97.7 cm³/mol. The second kappa shape index (κ2) is 8.60. The van der Waals surface area contributed by atoms with Crippen molar-refractivity contribution in [2.24, 2.45) is 0 Å². The molecule has 0 aliphatic carbocycles. The molecule has 3 rings (SSSR count). The maximum atomic E-state index is 13.1. The maximum Gasteiger partial charge on any atom is 0.123 e. The lowest BCUT2D eigenvalue weighted by Crippen LogP contribution is -2.26. The molecule has 136 valence electrons. The van der Waals surface area contributed by atoms with Crippen LogP contribution in [0, 0.1) is 5.82 Å². The van der Waals surface area contributed by atoms with Crippen molar-refractivity contribution in [3.05, 3.63) is 77.9 Å². The van der Waals surface area contributed by atoms with E-state index in [1.54, 1.807) is 25.4 Å². The third-order valence-electron chi connectivity index (χ3n) is 4.17. The zero-order valence-corrected chi connectivity index (χ0v) is 14.7. The van der Waals surface area contributed by atoms with Crippen molar-refractivity contribution in [1.29, 1.82) is 0 Å². The third kappa shape index (κ3) is 4.47. The van der Waals surface area contributed by atoms with Crippen LogP contribution in [-0.4, -0.2) is 40.0 Å². The Balaban J connectivity index is 1.86. The lowest BCUT2D eigenvalue weighted by molar-refractivity contribution is 0.184. The Morgan fingerprint density at radius 3 is 2.62 bits per heavy atom. The molecule has 26 heavy (non-hydrogen) atoms. The van der Waals surface area contributed by atoms with Crippen LogP contribution < -0.4 is 4.74 Å². The molecule has 0 unspecified atom stereocenters. The minimum atomic E-state index is -0.253. The molecule has 5 nitrogen and oxygen atoms in total. The van der Waals surface area contributed by atoms with E-state index < -0.39 is 0 Å². The van der Waals surface area contributed by atoms with Gasteiger partial charge in [-0.25, -0.2) is 9.07 Å². The van der Waals surface area contributed by atoms with E-state index in [9.17, 15) is 9.50 Å². The van der Waals surface area contributed by atoms with E-state index in [0.717, 1.165) is 22.6 Å². The first-order valence-electron chi connectivity index (χ1n) is 8.44. The Morgan fingerprint density at radius 1 is 1.15 bits per heavy atom. The van der Waals surface area contributed by atoms with Crippen LogP contribution in [0.25, 0.3) is 5.69 Å². The van der Waals surface area contributed by atoms with Crippen LogP contribution in [0.5, 0.6) is 5.75 Å². The van der Waals surface area contributed by atoms with Gasteiger partial charge in [-0.05, 0) is 47.5 Å². The number of halogens is 1. The summed E-state index contributed by atoms with van der Waals surface area (Å²) < 4.78 is 20.3. The first-order valence-corrected chi connectivity index (χ1v) is 8.44. The van der Waals surface area contributed by atoms with Gasteiger partial charge in [0.05, 0.1) is 19.4 Å². The highest BCUT2D eigenvalue weighted by molar-refractivity contribution is 5.45. The molecule has 0 atom stereocenters.